The molecular formula is C28H29FN5O4+. The molecular weight excluding hydrogens is 489 g/mol. The Bertz CT molecular complexity index is 1430. The van der Waals surface area contributed by atoms with E-state index >= 15 is 0 Å². The molecule has 3 heterocycles. The summed E-state index contributed by atoms with van der Waals surface area (Å²) in [6, 6.07) is 12.7. The lowest BCUT2D eigenvalue weighted by atomic mass is 9.96. The number of aliphatic carboxylic acids is 1. The van der Waals surface area contributed by atoms with Gasteiger partial charge in [0.05, 0.1) is 12.7 Å². The molecule has 1 saturated heterocycles. The van der Waals surface area contributed by atoms with E-state index in [-0.39, 0.29) is 25.0 Å². The number of amides is 1. The molecule has 0 bridgehead atoms. The Labute approximate surface area is 219 Å². The number of likely N-dealkylation sites (tertiary alicyclic amines) is 1. The summed E-state index contributed by atoms with van der Waals surface area (Å²) in [5.41, 5.74) is 6.94. The highest BCUT2D eigenvalue weighted by Gasteiger charge is 2.35. The Morgan fingerprint density at radius 2 is 2.05 bits per heavy atom. The zero-order chi connectivity index (χ0) is 26.8. The van der Waals surface area contributed by atoms with Crippen LogP contribution >= 0.6 is 0 Å². The van der Waals surface area contributed by atoms with Crippen molar-refractivity contribution >= 4 is 23.3 Å². The van der Waals surface area contributed by atoms with Crippen LogP contribution in [0.4, 0.5) is 10.1 Å². The Morgan fingerprint density at radius 3 is 2.82 bits per heavy atom. The number of ether oxygens (including phenoxy) is 1. The van der Waals surface area contributed by atoms with Gasteiger partial charge in [-0.1, -0.05) is 11.2 Å². The first kappa shape index (κ1) is 25.5. The van der Waals surface area contributed by atoms with Crippen LogP contribution in [0.15, 0.2) is 59.8 Å². The molecule has 1 fully saturated rings. The number of benzene rings is 2. The van der Waals surface area contributed by atoms with Gasteiger partial charge in [0.2, 0.25) is 0 Å². The van der Waals surface area contributed by atoms with Crippen molar-refractivity contribution in [3.05, 3.63) is 88.5 Å². The lowest BCUT2D eigenvalue weighted by Gasteiger charge is -2.38. The predicted molar refractivity (Wildman–Crippen MR) is 138 cm³/mol. The third kappa shape index (κ3) is 5.13. The minimum Gasteiger partial charge on any atom is -0.496 e. The van der Waals surface area contributed by atoms with Crippen LogP contribution < -0.4 is 15.5 Å². The summed E-state index contributed by atoms with van der Waals surface area (Å²) in [5, 5.41) is 17.4. The van der Waals surface area contributed by atoms with Gasteiger partial charge in [0.1, 0.15) is 23.3 Å². The first-order valence-electron chi connectivity index (χ1n) is 12.4. The zero-order valence-corrected chi connectivity index (χ0v) is 21.1. The van der Waals surface area contributed by atoms with Gasteiger partial charge in [-0.15, -0.1) is 0 Å². The fourth-order valence-corrected chi connectivity index (χ4v) is 5.11. The molecule has 2 atom stereocenters. The summed E-state index contributed by atoms with van der Waals surface area (Å²) in [6.07, 6.45) is 2.56. The molecule has 9 nitrogen and oxygen atoms in total. The SMILES string of the molecule is COc1cccc(F)c1CN1C[C@H](NC(=O)c2ccc3c(c2)C(c2ccnc(C)c2)=N[NH2+]3)CC[C@H]1C(=O)O. The number of aromatic nitrogens is 1. The number of carboxylic acid groups (broad SMARTS) is 1. The molecule has 4 N–H and O–H groups in total. The van der Waals surface area contributed by atoms with E-state index in [9.17, 15) is 19.1 Å². The minimum absolute atomic E-state index is 0.0546. The van der Waals surface area contributed by atoms with Crippen LogP contribution in [0.3, 0.4) is 0 Å². The smallest absolute Gasteiger partial charge is 0.320 e. The minimum atomic E-state index is -0.974. The van der Waals surface area contributed by atoms with Crippen LogP contribution in [-0.4, -0.2) is 58.3 Å². The summed E-state index contributed by atoms with van der Waals surface area (Å²) in [6.45, 7) is 2.24. The van der Waals surface area contributed by atoms with E-state index in [1.54, 1.807) is 34.7 Å². The molecule has 0 unspecified atom stereocenters. The van der Waals surface area contributed by atoms with Gasteiger partial charge >= 0.3 is 5.97 Å². The molecule has 1 amide bonds. The number of carbonyl (C=O) groups excluding carboxylic acids is 1. The summed E-state index contributed by atoms with van der Waals surface area (Å²) in [5.74, 6) is -1.33. The number of carboxylic acids is 1. The molecule has 1 aromatic heterocycles. The van der Waals surface area contributed by atoms with Crippen LogP contribution in [0.5, 0.6) is 5.75 Å². The normalized spacial score (nSPS) is 19.0. The molecule has 3 aromatic rings. The topological polar surface area (TPSA) is 121 Å². The lowest BCUT2D eigenvalue weighted by Crippen LogP contribution is -2.69. The largest absolute Gasteiger partial charge is 0.496 e. The van der Waals surface area contributed by atoms with Crippen LogP contribution in [0, 0.1) is 12.7 Å². The van der Waals surface area contributed by atoms with E-state index in [2.05, 4.69) is 15.4 Å². The van der Waals surface area contributed by atoms with Crippen molar-refractivity contribution in [2.24, 2.45) is 5.10 Å². The van der Waals surface area contributed by atoms with Crippen molar-refractivity contribution in [3.8, 4) is 5.75 Å². The number of piperidine rings is 1. The van der Waals surface area contributed by atoms with Crippen LogP contribution in [0.2, 0.25) is 0 Å². The van der Waals surface area contributed by atoms with Crippen molar-refractivity contribution in [2.75, 3.05) is 13.7 Å². The molecule has 10 heteroatoms. The first-order valence-corrected chi connectivity index (χ1v) is 12.4. The molecule has 0 radical (unpaired) electrons. The fraction of sp³-hybridized carbons (Fsp3) is 0.286. The average molecular weight is 519 g/mol. The molecule has 0 spiro atoms. The van der Waals surface area contributed by atoms with Crippen molar-refractivity contribution in [2.45, 2.75) is 38.4 Å². The quantitative estimate of drug-likeness (QED) is 0.326. The lowest BCUT2D eigenvalue weighted by molar-refractivity contribution is -0.573. The molecule has 38 heavy (non-hydrogen) atoms. The average Bonchev–Trinajstić information content (AvgIpc) is 3.33. The van der Waals surface area contributed by atoms with E-state index in [0.29, 0.717) is 29.7 Å². The number of pyridine rings is 1. The predicted octanol–water partition coefficient (Wildman–Crippen LogP) is 2.35. The van der Waals surface area contributed by atoms with Crippen molar-refractivity contribution in [3.63, 3.8) is 0 Å². The number of hydrogen-bond acceptors (Lipinski definition) is 6. The van der Waals surface area contributed by atoms with Gasteiger partial charge in [0, 0.05) is 53.8 Å². The molecule has 5 rings (SSSR count). The van der Waals surface area contributed by atoms with Gasteiger partial charge < -0.3 is 15.2 Å². The van der Waals surface area contributed by atoms with Gasteiger partial charge in [0.15, 0.2) is 5.69 Å². The maximum Gasteiger partial charge on any atom is 0.320 e. The van der Waals surface area contributed by atoms with Crippen molar-refractivity contribution in [1.29, 1.82) is 0 Å². The number of quaternary nitrogens is 1. The number of carbonyl (C=O) groups is 2. The monoisotopic (exact) mass is 518 g/mol. The third-order valence-electron chi connectivity index (χ3n) is 7.03. The second-order valence-electron chi connectivity index (χ2n) is 9.55. The van der Waals surface area contributed by atoms with Gasteiger partial charge in [-0.3, -0.25) is 19.5 Å². The maximum absolute atomic E-state index is 14.6. The van der Waals surface area contributed by atoms with Gasteiger partial charge in [-0.25, -0.2) is 4.39 Å². The number of methoxy groups -OCH3 is 1. The number of nitrogens with two attached hydrogens (primary N) is 1. The van der Waals surface area contributed by atoms with Gasteiger partial charge in [0.25, 0.3) is 5.91 Å². The van der Waals surface area contributed by atoms with Crippen LogP contribution in [-0.2, 0) is 11.3 Å². The molecule has 2 aliphatic rings. The van der Waals surface area contributed by atoms with Gasteiger partial charge in [-0.05, 0) is 56.2 Å². The molecule has 2 aliphatic heterocycles. The number of hydrogen-bond donors (Lipinski definition) is 3. The highest BCUT2D eigenvalue weighted by atomic mass is 19.1. The van der Waals surface area contributed by atoms with E-state index in [4.69, 9.17) is 4.74 Å². The highest BCUT2D eigenvalue weighted by molar-refractivity contribution is 6.16. The summed E-state index contributed by atoms with van der Waals surface area (Å²) in [7, 11) is 1.45. The van der Waals surface area contributed by atoms with E-state index in [1.165, 1.54) is 13.2 Å². The third-order valence-corrected chi connectivity index (χ3v) is 7.03. The fourth-order valence-electron chi connectivity index (χ4n) is 5.11. The highest BCUT2D eigenvalue weighted by Crippen LogP contribution is 2.27. The molecule has 0 saturated carbocycles. The Hall–Kier alpha value is -4.15. The zero-order valence-electron chi connectivity index (χ0n) is 21.1. The summed E-state index contributed by atoms with van der Waals surface area (Å²) < 4.78 is 19.9. The number of fused-ring (bicyclic) bond motifs is 1. The summed E-state index contributed by atoms with van der Waals surface area (Å²) in [4.78, 5) is 31.1. The second kappa shape index (κ2) is 10.7. The van der Waals surface area contributed by atoms with Crippen molar-refractivity contribution in [1.82, 2.24) is 15.2 Å². The van der Waals surface area contributed by atoms with E-state index in [1.807, 2.05) is 31.2 Å². The number of nitrogens with one attached hydrogen (secondary N) is 1. The Morgan fingerprint density at radius 1 is 1.21 bits per heavy atom. The van der Waals surface area contributed by atoms with E-state index < -0.39 is 17.8 Å². The maximum atomic E-state index is 14.6. The summed E-state index contributed by atoms with van der Waals surface area (Å²) >= 11 is 0. The number of rotatable bonds is 7. The van der Waals surface area contributed by atoms with Crippen LogP contribution in [0.25, 0.3) is 0 Å². The number of aryl methyl sites for hydroxylation is 1. The van der Waals surface area contributed by atoms with Crippen molar-refractivity contribution < 1.29 is 29.2 Å². The Kier molecular flexibility index (Phi) is 7.17. The second-order valence-corrected chi connectivity index (χ2v) is 9.55. The molecule has 0 aliphatic carbocycles. The van der Waals surface area contributed by atoms with E-state index in [0.717, 1.165) is 28.2 Å². The Balaban J connectivity index is 1.33. The molecule has 196 valence electrons. The number of halogens is 1. The van der Waals surface area contributed by atoms with Crippen LogP contribution in [0.1, 0.15) is 45.6 Å². The standard InChI is InChI=1S/C28H28FN5O4/c1-16-12-17(10-11-30-16)26-20-13-18(6-8-23(20)32-33-26)27(35)31-19-7-9-24(28(36)37)34(14-19)15-21-22(29)4-3-5-25(21)38-2/h3-6,8,10-13,19,24H,7,9,14-15H2,1-2H3,(H,31,35)(H,32,33)(H,36,37)/p+1/t19-,24+/m1/s1. The first-order chi connectivity index (χ1) is 18.3. The van der Waals surface area contributed by atoms with Gasteiger partial charge in [-0.2, -0.15) is 5.43 Å². The molecule has 2 aromatic carbocycles. The number of nitrogens with zero attached hydrogens (tertiary/aromatic N) is 3.